The topological polar surface area (TPSA) is 55.2 Å². The average Bonchev–Trinajstić information content (AvgIpc) is 1.46. The first-order valence-electron chi connectivity index (χ1n) is 1.04. The van der Waals surface area contributed by atoms with Gasteiger partial charge in [-0.25, -0.2) is 0 Å². The summed E-state index contributed by atoms with van der Waals surface area (Å²) < 4.78 is 0. The predicted molar refractivity (Wildman–Crippen MR) is 32.7 cm³/mol. The van der Waals surface area contributed by atoms with Crippen LogP contribution in [-0.4, -0.2) is 10.9 Å². The van der Waals surface area contributed by atoms with Crippen molar-refractivity contribution in [1.29, 1.82) is 0 Å². The standard InChI is InChI=1S/C2H4O.CH3Br.H3N/c1-2-3;1-2;/h2-3H,1H2;1H3;1H3. The molecule has 0 aromatic heterocycles. The molecule has 40 valence electrons. The molecule has 2 nitrogen and oxygen atoms in total. The fraction of sp³-hybridized carbons (Fsp3) is 0.333. The summed E-state index contributed by atoms with van der Waals surface area (Å²) >= 11 is 2.94. The van der Waals surface area contributed by atoms with Gasteiger partial charge in [-0.15, -0.1) is 0 Å². The quantitative estimate of drug-likeness (QED) is 0.415. The zero-order chi connectivity index (χ0) is 4.71. The molecule has 3 heteroatoms. The molecule has 4 N–H and O–H groups in total. The van der Waals surface area contributed by atoms with Gasteiger partial charge in [-0.1, -0.05) is 22.5 Å². The number of aliphatic hydroxyl groups is 1. The maximum atomic E-state index is 7.33. The Hall–Kier alpha value is -0.0200. The summed E-state index contributed by atoms with van der Waals surface area (Å²) in [6.07, 6.45) is 0.750. The minimum absolute atomic E-state index is 0. The molecular formula is C3H10BrNO. The second-order valence-electron chi connectivity index (χ2n) is 0.183. The molecule has 0 unspecified atom stereocenters. The molecule has 0 spiro atoms. The number of rotatable bonds is 0. The zero-order valence-electron chi connectivity index (χ0n) is 3.82. The first-order valence-corrected chi connectivity index (χ1v) is 2.63. The first-order chi connectivity index (χ1) is 2.41. The lowest BCUT2D eigenvalue weighted by Gasteiger charge is -1.41. The molecule has 0 amide bonds. The van der Waals surface area contributed by atoms with E-state index >= 15 is 0 Å². The first kappa shape index (κ1) is 16.7. The third-order valence-corrected chi connectivity index (χ3v) is 0. The lowest BCUT2D eigenvalue weighted by molar-refractivity contribution is 0.476. The van der Waals surface area contributed by atoms with Gasteiger partial charge in [0.25, 0.3) is 0 Å². The Morgan fingerprint density at radius 3 is 1.67 bits per heavy atom. The van der Waals surface area contributed by atoms with Crippen molar-refractivity contribution in [3.05, 3.63) is 12.8 Å². The highest BCUT2D eigenvalue weighted by molar-refractivity contribution is 9.08. The average molecular weight is 156 g/mol. The molecular weight excluding hydrogens is 146 g/mol. The normalized spacial score (nSPS) is 3.00. The number of hydrogen-bond acceptors (Lipinski definition) is 2. The van der Waals surface area contributed by atoms with Crippen molar-refractivity contribution < 1.29 is 5.11 Å². The van der Waals surface area contributed by atoms with E-state index in [1.165, 1.54) is 0 Å². The van der Waals surface area contributed by atoms with Crippen LogP contribution in [0.3, 0.4) is 0 Å². The Morgan fingerprint density at radius 1 is 1.67 bits per heavy atom. The van der Waals surface area contributed by atoms with Crippen LogP contribution < -0.4 is 6.15 Å². The van der Waals surface area contributed by atoms with E-state index in [2.05, 4.69) is 22.5 Å². The van der Waals surface area contributed by atoms with E-state index in [9.17, 15) is 0 Å². The molecule has 0 rings (SSSR count). The van der Waals surface area contributed by atoms with E-state index in [4.69, 9.17) is 5.11 Å². The van der Waals surface area contributed by atoms with E-state index in [1.54, 1.807) is 0 Å². The van der Waals surface area contributed by atoms with Gasteiger partial charge in [-0.05, 0) is 5.83 Å². The van der Waals surface area contributed by atoms with E-state index in [1.807, 2.05) is 5.83 Å². The molecule has 0 aliphatic heterocycles. The van der Waals surface area contributed by atoms with Gasteiger partial charge in [-0.3, -0.25) is 0 Å². The largest absolute Gasteiger partial charge is 0.516 e. The van der Waals surface area contributed by atoms with Gasteiger partial charge in [0.05, 0.1) is 6.26 Å². The van der Waals surface area contributed by atoms with Crippen molar-refractivity contribution in [2.75, 3.05) is 5.83 Å². The number of alkyl halides is 1. The van der Waals surface area contributed by atoms with Crippen LogP contribution in [0.5, 0.6) is 0 Å². The van der Waals surface area contributed by atoms with Crippen molar-refractivity contribution in [2.45, 2.75) is 0 Å². The Morgan fingerprint density at radius 2 is 1.67 bits per heavy atom. The number of aliphatic hydroxyl groups excluding tert-OH is 1. The van der Waals surface area contributed by atoms with Gasteiger partial charge >= 0.3 is 0 Å². The van der Waals surface area contributed by atoms with Gasteiger partial charge in [0.1, 0.15) is 0 Å². The van der Waals surface area contributed by atoms with Crippen molar-refractivity contribution in [3.63, 3.8) is 0 Å². The molecule has 0 radical (unpaired) electrons. The maximum Gasteiger partial charge on any atom is 0.0719 e. The summed E-state index contributed by atoms with van der Waals surface area (Å²) in [4.78, 5) is 0. The highest BCUT2D eigenvalue weighted by Crippen LogP contribution is 1.45. The second kappa shape index (κ2) is 82.1. The molecule has 6 heavy (non-hydrogen) atoms. The molecule has 0 fully saturated rings. The summed E-state index contributed by atoms with van der Waals surface area (Å²) in [5.41, 5.74) is 0. The fourth-order valence-corrected chi connectivity index (χ4v) is 0. The Kier molecular flexibility index (Phi) is 229. The van der Waals surface area contributed by atoms with Gasteiger partial charge in [-0.2, -0.15) is 0 Å². The lowest BCUT2D eigenvalue weighted by atomic mass is 11.2. The highest BCUT2D eigenvalue weighted by Gasteiger charge is 1.11. The van der Waals surface area contributed by atoms with Crippen LogP contribution in [0, 0.1) is 0 Å². The molecule has 0 bridgehead atoms. The van der Waals surface area contributed by atoms with Gasteiger partial charge in [0.2, 0.25) is 0 Å². The molecule has 0 heterocycles. The van der Waals surface area contributed by atoms with Crippen molar-refractivity contribution in [2.24, 2.45) is 0 Å². The number of hydrogen-bond donors (Lipinski definition) is 2. The molecule has 0 aromatic carbocycles. The van der Waals surface area contributed by atoms with Gasteiger partial charge < -0.3 is 11.3 Å². The summed E-state index contributed by atoms with van der Waals surface area (Å²) in [6, 6.07) is 0. The van der Waals surface area contributed by atoms with E-state index in [0.29, 0.717) is 0 Å². The van der Waals surface area contributed by atoms with Crippen LogP contribution >= 0.6 is 15.9 Å². The second-order valence-corrected chi connectivity index (χ2v) is 0.183. The van der Waals surface area contributed by atoms with Gasteiger partial charge in [0.15, 0.2) is 0 Å². The van der Waals surface area contributed by atoms with Crippen LogP contribution in [0.4, 0.5) is 0 Å². The smallest absolute Gasteiger partial charge is 0.0719 e. The molecule has 0 aliphatic carbocycles. The van der Waals surface area contributed by atoms with Crippen LogP contribution in [0.1, 0.15) is 0 Å². The van der Waals surface area contributed by atoms with Crippen molar-refractivity contribution >= 4 is 15.9 Å². The monoisotopic (exact) mass is 155 g/mol. The third-order valence-electron chi connectivity index (χ3n) is 0. The molecule has 0 aliphatic rings. The summed E-state index contributed by atoms with van der Waals surface area (Å²) in [6.45, 7) is 2.92. The van der Waals surface area contributed by atoms with Crippen molar-refractivity contribution in [1.82, 2.24) is 6.15 Å². The Bertz CT molecular complexity index is 18.3. The molecule has 0 aromatic rings. The highest BCUT2D eigenvalue weighted by atomic mass is 79.9. The van der Waals surface area contributed by atoms with Crippen LogP contribution in [0.15, 0.2) is 12.8 Å². The zero-order valence-corrected chi connectivity index (χ0v) is 5.40. The summed E-state index contributed by atoms with van der Waals surface area (Å²) in [5, 5.41) is 7.33. The van der Waals surface area contributed by atoms with Crippen LogP contribution in [-0.2, 0) is 0 Å². The van der Waals surface area contributed by atoms with Crippen LogP contribution in [0.25, 0.3) is 0 Å². The maximum absolute atomic E-state index is 7.33. The van der Waals surface area contributed by atoms with Crippen molar-refractivity contribution in [3.8, 4) is 0 Å². The summed E-state index contributed by atoms with van der Waals surface area (Å²) in [7, 11) is 0. The van der Waals surface area contributed by atoms with E-state index in [-0.39, 0.29) is 6.15 Å². The Balaban J connectivity index is -0.0000000275. The molecule has 0 saturated heterocycles. The lowest BCUT2D eigenvalue weighted by Crippen LogP contribution is -1.25. The molecule has 0 atom stereocenters. The van der Waals surface area contributed by atoms with E-state index < -0.39 is 0 Å². The van der Waals surface area contributed by atoms with Crippen LogP contribution in [0.2, 0.25) is 0 Å². The van der Waals surface area contributed by atoms with E-state index in [0.717, 1.165) is 6.26 Å². The van der Waals surface area contributed by atoms with Gasteiger partial charge in [0, 0.05) is 0 Å². The minimum Gasteiger partial charge on any atom is -0.516 e. The fourth-order valence-electron chi connectivity index (χ4n) is 0. The third kappa shape index (κ3) is 88400. The Labute approximate surface area is 46.6 Å². The minimum atomic E-state index is 0. The predicted octanol–water partition coefficient (Wildman–Crippen LogP) is 1.86. The summed E-state index contributed by atoms with van der Waals surface area (Å²) in [5.74, 6) is 1.81. The SMILES string of the molecule is C=CO.CBr.N. The molecule has 0 saturated carbocycles. The number of halogens is 1.